The molecule has 0 aliphatic carbocycles. The Morgan fingerprint density at radius 2 is 0.698 bits per heavy atom. The zero-order valence-corrected chi connectivity index (χ0v) is 29.7. The van der Waals surface area contributed by atoms with Crippen LogP contribution in [0.5, 0.6) is 0 Å². The molecule has 0 fully saturated rings. The fourth-order valence-corrected chi connectivity index (χ4v) is 9.30. The van der Waals surface area contributed by atoms with Crippen molar-refractivity contribution in [3.05, 3.63) is 176 Å². The van der Waals surface area contributed by atoms with Gasteiger partial charge in [-0.3, -0.25) is 0 Å². The van der Waals surface area contributed by atoms with Crippen molar-refractivity contribution in [1.29, 1.82) is 0 Å². The van der Waals surface area contributed by atoms with E-state index < -0.39 is 0 Å². The van der Waals surface area contributed by atoms with Gasteiger partial charge in [0, 0.05) is 36.8 Å². The number of hydrogen-bond donors (Lipinski definition) is 0. The van der Waals surface area contributed by atoms with Crippen molar-refractivity contribution in [2.24, 2.45) is 0 Å². The average Bonchev–Trinajstić information content (AvgIpc) is 3.23. The van der Waals surface area contributed by atoms with Crippen molar-refractivity contribution in [2.75, 3.05) is 23.9 Å². The molecule has 248 valence electrons. The van der Waals surface area contributed by atoms with Gasteiger partial charge in [0.2, 0.25) is 0 Å². The molecule has 2 aliphatic rings. The molecule has 0 saturated carbocycles. The molecule has 2 nitrogen and oxygen atoms in total. The molecule has 53 heavy (non-hydrogen) atoms. The lowest BCUT2D eigenvalue weighted by Gasteiger charge is -2.42. The summed E-state index contributed by atoms with van der Waals surface area (Å²) in [5, 5.41) is 7.80. The lowest BCUT2D eigenvalue weighted by atomic mass is 9.33. The zero-order chi connectivity index (χ0) is 35.2. The Morgan fingerprint density at radius 3 is 1.21 bits per heavy atom. The molecule has 0 spiro atoms. The van der Waals surface area contributed by atoms with Crippen molar-refractivity contribution >= 4 is 78.2 Å². The van der Waals surface area contributed by atoms with Crippen LogP contribution in [0.2, 0.25) is 0 Å². The van der Waals surface area contributed by atoms with Gasteiger partial charge in [0.15, 0.2) is 0 Å². The van der Waals surface area contributed by atoms with Crippen LogP contribution in [-0.4, -0.2) is 20.8 Å². The summed E-state index contributed by atoms with van der Waals surface area (Å²) in [5.41, 5.74) is 16.5. The molecule has 3 heteroatoms. The maximum absolute atomic E-state index is 2.40. The topological polar surface area (TPSA) is 6.48 Å². The first-order valence-corrected chi connectivity index (χ1v) is 18.5. The Bertz CT molecular complexity index is 2850. The second kappa shape index (κ2) is 11.5. The molecule has 0 unspecified atom stereocenters. The maximum atomic E-state index is 2.40. The van der Waals surface area contributed by atoms with E-state index in [1.165, 1.54) is 105 Å². The number of para-hydroxylation sites is 2. The van der Waals surface area contributed by atoms with Crippen LogP contribution in [0.15, 0.2) is 176 Å². The predicted octanol–water partition coefficient (Wildman–Crippen LogP) is 10.8. The summed E-state index contributed by atoms with van der Waals surface area (Å²) in [5.74, 6) is 0. The van der Waals surface area contributed by atoms with Gasteiger partial charge in [0.1, 0.15) is 0 Å². The number of nitrogens with zero attached hydrogens (tertiary/aromatic N) is 2. The van der Waals surface area contributed by atoms with Crippen molar-refractivity contribution in [3.8, 4) is 33.4 Å². The van der Waals surface area contributed by atoms with Crippen LogP contribution in [0, 0.1) is 0 Å². The molecule has 0 saturated heterocycles. The normalized spacial score (nSPS) is 13.0. The summed E-state index contributed by atoms with van der Waals surface area (Å²) in [6, 6.07) is 65.3. The van der Waals surface area contributed by atoms with Gasteiger partial charge in [-0.15, -0.1) is 0 Å². The third kappa shape index (κ3) is 4.47. The number of benzene rings is 9. The summed E-state index contributed by atoms with van der Waals surface area (Å²) < 4.78 is 0. The molecular weight excluding hydrogens is 639 g/mol. The van der Waals surface area contributed by atoms with E-state index in [0.717, 1.165) is 0 Å². The third-order valence-electron chi connectivity index (χ3n) is 11.8. The van der Waals surface area contributed by atoms with Crippen molar-refractivity contribution in [1.82, 2.24) is 0 Å². The summed E-state index contributed by atoms with van der Waals surface area (Å²) in [7, 11) is 4.43. The first-order chi connectivity index (χ1) is 26.1. The van der Waals surface area contributed by atoms with E-state index in [-0.39, 0.29) is 6.71 Å². The molecule has 2 heterocycles. The van der Waals surface area contributed by atoms with Crippen LogP contribution in [0.1, 0.15) is 0 Å². The molecule has 0 radical (unpaired) electrons. The van der Waals surface area contributed by atoms with E-state index in [2.05, 4.69) is 200 Å². The number of hydrogen-bond acceptors (Lipinski definition) is 2. The van der Waals surface area contributed by atoms with Gasteiger partial charge in [0.05, 0.1) is 0 Å². The van der Waals surface area contributed by atoms with Crippen molar-refractivity contribution < 1.29 is 0 Å². The van der Waals surface area contributed by atoms with Crippen LogP contribution in [0.3, 0.4) is 0 Å². The minimum absolute atomic E-state index is 0.203. The minimum Gasteiger partial charge on any atom is -0.345 e. The predicted molar refractivity (Wildman–Crippen MR) is 229 cm³/mol. The van der Waals surface area contributed by atoms with Crippen LogP contribution in [-0.2, 0) is 0 Å². The van der Waals surface area contributed by atoms with Crippen molar-refractivity contribution in [3.63, 3.8) is 0 Å². The molecule has 0 bridgehead atoms. The van der Waals surface area contributed by atoms with Gasteiger partial charge in [-0.25, -0.2) is 0 Å². The number of anilines is 4. The Morgan fingerprint density at radius 1 is 0.302 bits per heavy atom. The van der Waals surface area contributed by atoms with Crippen molar-refractivity contribution in [2.45, 2.75) is 0 Å². The summed E-state index contributed by atoms with van der Waals surface area (Å²) >= 11 is 0. The summed E-state index contributed by atoms with van der Waals surface area (Å²) in [4.78, 5) is 4.78. The summed E-state index contributed by atoms with van der Waals surface area (Å²) in [6.07, 6.45) is 0. The van der Waals surface area contributed by atoms with E-state index in [1.807, 2.05) is 0 Å². The van der Waals surface area contributed by atoms with Gasteiger partial charge in [0.25, 0.3) is 6.71 Å². The molecule has 9 aromatic carbocycles. The first-order valence-electron chi connectivity index (χ1n) is 18.5. The lowest BCUT2D eigenvalue weighted by Crippen LogP contribution is -2.61. The highest BCUT2D eigenvalue weighted by atomic mass is 15.1. The molecule has 9 aromatic rings. The second-order valence-corrected chi connectivity index (χ2v) is 14.6. The highest BCUT2D eigenvalue weighted by molar-refractivity contribution is 7.00. The summed E-state index contributed by atoms with van der Waals surface area (Å²) in [6.45, 7) is 0.203. The van der Waals surface area contributed by atoms with Gasteiger partial charge < -0.3 is 9.80 Å². The Hall–Kier alpha value is -6.58. The Labute approximate surface area is 310 Å². The number of rotatable bonds is 3. The van der Waals surface area contributed by atoms with E-state index in [0.29, 0.717) is 0 Å². The Kier molecular flexibility index (Phi) is 6.51. The quantitative estimate of drug-likeness (QED) is 0.136. The molecule has 11 rings (SSSR count). The van der Waals surface area contributed by atoms with E-state index in [9.17, 15) is 0 Å². The second-order valence-electron chi connectivity index (χ2n) is 14.6. The third-order valence-corrected chi connectivity index (χ3v) is 11.8. The zero-order valence-electron chi connectivity index (χ0n) is 29.7. The first kappa shape index (κ1) is 30.1. The standard InChI is InChI=1S/C50H35BN2/c1-52-46-23-9-7-21-44(46)51-45-22-8-10-24-47(45)53(2)49-31-37(30-48(52)50(49)51)35-16-12-14-33(28-35)32-13-11-15-34(27-32)36-25-26-42-40-19-4-3-17-38(40)39-18-5-6-20-41(39)43(42)29-36/h3-31H,1-2H3. The fraction of sp³-hybridized carbons (Fsp3) is 0.0400. The van der Waals surface area contributed by atoms with E-state index in [4.69, 9.17) is 0 Å². The van der Waals surface area contributed by atoms with Gasteiger partial charge >= 0.3 is 0 Å². The SMILES string of the molecule is CN1c2ccccc2B2c3ccccc3N(C)c3cc(-c4cccc(-c5cccc(-c6ccc7c8ccccc8c8ccccc8c7c6)c5)c4)cc1c32. The van der Waals surface area contributed by atoms with Gasteiger partial charge in [-0.2, -0.15) is 0 Å². The number of fused-ring (bicyclic) bond motifs is 10. The largest absolute Gasteiger partial charge is 0.345 e. The lowest BCUT2D eigenvalue weighted by molar-refractivity contribution is 1.18. The van der Waals surface area contributed by atoms with E-state index in [1.54, 1.807) is 0 Å². The molecule has 0 N–H and O–H groups in total. The van der Waals surface area contributed by atoms with Crippen LogP contribution in [0.4, 0.5) is 22.7 Å². The van der Waals surface area contributed by atoms with Gasteiger partial charge in [-0.05, 0) is 125 Å². The van der Waals surface area contributed by atoms with E-state index >= 15 is 0 Å². The van der Waals surface area contributed by atoms with Gasteiger partial charge in [-0.1, -0.05) is 133 Å². The van der Waals surface area contributed by atoms with Crippen LogP contribution < -0.4 is 26.2 Å². The average molecular weight is 675 g/mol. The molecule has 0 atom stereocenters. The highest BCUT2D eigenvalue weighted by Gasteiger charge is 2.40. The Balaban J connectivity index is 1.02. The monoisotopic (exact) mass is 674 g/mol. The molecule has 0 amide bonds. The highest BCUT2D eigenvalue weighted by Crippen LogP contribution is 2.41. The minimum atomic E-state index is 0.203. The maximum Gasteiger partial charge on any atom is 0.252 e. The van der Waals surface area contributed by atoms with Crippen LogP contribution >= 0.6 is 0 Å². The molecule has 0 aromatic heterocycles. The molecule has 2 aliphatic heterocycles. The molecular formula is C50H35BN2. The van der Waals surface area contributed by atoms with Crippen LogP contribution in [0.25, 0.3) is 65.7 Å². The fourth-order valence-electron chi connectivity index (χ4n) is 9.30. The smallest absolute Gasteiger partial charge is 0.252 e.